The van der Waals surface area contributed by atoms with Crippen molar-refractivity contribution in [1.82, 2.24) is 19.6 Å². The Bertz CT molecular complexity index is 987. The van der Waals surface area contributed by atoms with Crippen LogP contribution in [0.15, 0.2) is 68.9 Å². The first kappa shape index (κ1) is 13.3. The van der Waals surface area contributed by atoms with Gasteiger partial charge in [-0.05, 0) is 24.3 Å². The van der Waals surface area contributed by atoms with E-state index in [1.54, 1.807) is 29.3 Å². The third-order valence-electron chi connectivity index (χ3n) is 3.12. The molecule has 0 unspecified atom stereocenters. The summed E-state index contributed by atoms with van der Waals surface area (Å²) >= 11 is 3.38. The number of hydrogen-bond acceptors (Lipinski definition) is 5. The lowest BCUT2D eigenvalue weighted by molar-refractivity contribution is 0.840. The van der Waals surface area contributed by atoms with E-state index in [2.05, 4.69) is 33.3 Å². The highest BCUT2D eigenvalue weighted by Gasteiger charge is 2.12. The van der Waals surface area contributed by atoms with Gasteiger partial charge in [0.2, 0.25) is 0 Å². The second-order valence-corrected chi connectivity index (χ2v) is 6.99. The number of H-pyrrole nitrogens is 1. The van der Waals surface area contributed by atoms with E-state index in [0.717, 1.165) is 10.4 Å². The predicted molar refractivity (Wildman–Crippen MR) is 87.5 cm³/mol. The smallest absolute Gasteiger partial charge is 0.296 e. The SMILES string of the molecule is O=c1[nH]cnc2c(-c3ccc(Sc4ccccc4)s3)cnn12. The van der Waals surface area contributed by atoms with Gasteiger partial charge in [-0.25, -0.2) is 9.78 Å². The van der Waals surface area contributed by atoms with Crippen LogP contribution in [0.1, 0.15) is 0 Å². The fourth-order valence-electron chi connectivity index (χ4n) is 2.12. The Morgan fingerprint density at radius 1 is 1.14 bits per heavy atom. The normalized spacial score (nSPS) is 11.1. The largest absolute Gasteiger partial charge is 0.349 e. The Hall–Kier alpha value is -2.38. The number of thiophene rings is 1. The number of rotatable bonds is 3. The van der Waals surface area contributed by atoms with E-state index < -0.39 is 0 Å². The van der Waals surface area contributed by atoms with Crippen LogP contribution in [0.4, 0.5) is 0 Å². The molecule has 1 N–H and O–H groups in total. The molecule has 0 bridgehead atoms. The molecule has 0 spiro atoms. The standard InChI is InChI=1S/C15H10N4OS2/c20-15-17-9-16-14-11(8-18-19(14)15)12-6-7-13(22-12)21-10-4-2-1-3-5-10/h1-9H,(H,16,17,20). The Labute approximate surface area is 133 Å². The van der Waals surface area contributed by atoms with Crippen LogP contribution < -0.4 is 5.69 Å². The number of nitrogens with zero attached hydrogens (tertiary/aromatic N) is 3. The molecule has 4 rings (SSSR count). The summed E-state index contributed by atoms with van der Waals surface area (Å²) in [7, 11) is 0. The van der Waals surface area contributed by atoms with Crippen LogP contribution in [0.2, 0.25) is 0 Å². The van der Waals surface area contributed by atoms with Crippen LogP contribution in [0.5, 0.6) is 0 Å². The van der Waals surface area contributed by atoms with E-state index >= 15 is 0 Å². The lowest BCUT2D eigenvalue weighted by atomic mass is 10.3. The van der Waals surface area contributed by atoms with E-state index in [9.17, 15) is 4.79 Å². The number of nitrogens with one attached hydrogen (secondary N) is 1. The zero-order chi connectivity index (χ0) is 14.9. The number of hydrogen-bond donors (Lipinski definition) is 1. The van der Waals surface area contributed by atoms with E-state index in [-0.39, 0.29) is 5.69 Å². The molecule has 3 heterocycles. The average molecular weight is 326 g/mol. The zero-order valence-corrected chi connectivity index (χ0v) is 12.9. The van der Waals surface area contributed by atoms with Gasteiger partial charge in [0.25, 0.3) is 0 Å². The highest BCUT2D eigenvalue weighted by Crippen LogP contribution is 2.38. The maximum atomic E-state index is 11.7. The van der Waals surface area contributed by atoms with Crippen molar-refractivity contribution < 1.29 is 0 Å². The summed E-state index contributed by atoms with van der Waals surface area (Å²) in [5, 5.41) is 4.10. The minimum Gasteiger partial charge on any atom is -0.296 e. The van der Waals surface area contributed by atoms with Crippen molar-refractivity contribution >= 4 is 28.7 Å². The van der Waals surface area contributed by atoms with E-state index in [4.69, 9.17) is 0 Å². The van der Waals surface area contributed by atoms with Gasteiger partial charge in [0.1, 0.15) is 0 Å². The highest BCUT2D eigenvalue weighted by molar-refractivity contribution is 8.01. The molecule has 1 aromatic carbocycles. The summed E-state index contributed by atoms with van der Waals surface area (Å²) < 4.78 is 2.46. The monoisotopic (exact) mass is 326 g/mol. The maximum absolute atomic E-state index is 11.7. The molecule has 0 fully saturated rings. The molecule has 22 heavy (non-hydrogen) atoms. The molecule has 4 aromatic rings. The van der Waals surface area contributed by atoms with Crippen molar-refractivity contribution in [2.24, 2.45) is 0 Å². The summed E-state index contributed by atoms with van der Waals surface area (Å²) in [6, 6.07) is 14.3. The number of aromatic nitrogens is 4. The van der Waals surface area contributed by atoms with Crippen LogP contribution in [-0.2, 0) is 0 Å². The van der Waals surface area contributed by atoms with Crippen molar-refractivity contribution in [1.29, 1.82) is 0 Å². The fourth-order valence-corrected chi connectivity index (χ4v) is 4.25. The molecule has 7 heteroatoms. The van der Waals surface area contributed by atoms with Gasteiger partial charge in [0, 0.05) is 9.77 Å². The van der Waals surface area contributed by atoms with Crippen LogP contribution >= 0.6 is 23.1 Å². The molecule has 0 atom stereocenters. The van der Waals surface area contributed by atoms with Gasteiger partial charge in [-0.15, -0.1) is 11.3 Å². The lowest BCUT2D eigenvalue weighted by Crippen LogP contribution is -2.17. The predicted octanol–water partition coefficient (Wildman–Crippen LogP) is 3.30. The maximum Gasteiger partial charge on any atom is 0.349 e. The molecule has 3 aromatic heterocycles. The van der Waals surface area contributed by atoms with E-state index in [0.29, 0.717) is 5.65 Å². The molecule has 0 saturated heterocycles. The quantitative estimate of drug-likeness (QED) is 0.627. The zero-order valence-electron chi connectivity index (χ0n) is 11.3. The van der Waals surface area contributed by atoms with E-state index in [1.807, 2.05) is 24.3 Å². The summed E-state index contributed by atoms with van der Waals surface area (Å²) in [5.74, 6) is 0. The van der Waals surface area contributed by atoms with Crippen LogP contribution in [-0.4, -0.2) is 19.6 Å². The summed E-state index contributed by atoms with van der Waals surface area (Å²) in [4.78, 5) is 20.6. The molecular weight excluding hydrogens is 316 g/mol. The van der Waals surface area contributed by atoms with Crippen molar-refractivity contribution in [2.45, 2.75) is 9.10 Å². The van der Waals surface area contributed by atoms with Gasteiger partial charge in [-0.1, -0.05) is 30.0 Å². The number of fused-ring (bicyclic) bond motifs is 1. The molecule has 0 amide bonds. The molecule has 0 saturated carbocycles. The molecular formula is C15H10N4OS2. The molecule has 5 nitrogen and oxygen atoms in total. The molecule has 0 aliphatic rings. The Morgan fingerprint density at radius 3 is 2.86 bits per heavy atom. The number of benzene rings is 1. The second-order valence-electron chi connectivity index (χ2n) is 4.54. The minimum atomic E-state index is -0.285. The van der Waals surface area contributed by atoms with Gasteiger partial charge in [-0.3, -0.25) is 4.98 Å². The molecule has 0 radical (unpaired) electrons. The van der Waals surface area contributed by atoms with Gasteiger partial charge in [-0.2, -0.15) is 9.61 Å². The molecule has 0 aliphatic carbocycles. The van der Waals surface area contributed by atoms with Crippen molar-refractivity contribution in [2.75, 3.05) is 0 Å². The molecule has 0 aliphatic heterocycles. The van der Waals surface area contributed by atoms with Crippen molar-refractivity contribution in [3.8, 4) is 10.4 Å². The van der Waals surface area contributed by atoms with Crippen LogP contribution in [0.3, 0.4) is 0 Å². The van der Waals surface area contributed by atoms with Gasteiger partial charge < -0.3 is 0 Å². The third-order valence-corrected chi connectivity index (χ3v) is 5.38. The average Bonchev–Trinajstić information content (AvgIpc) is 3.15. The first-order valence-corrected chi connectivity index (χ1v) is 8.19. The summed E-state index contributed by atoms with van der Waals surface area (Å²) in [6.07, 6.45) is 3.08. The van der Waals surface area contributed by atoms with Crippen LogP contribution in [0.25, 0.3) is 16.1 Å². The first-order valence-electron chi connectivity index (χ1n) is 6.56. The van der Waals surface area contributed by atoms with Crippen molar-refractivity contribution in [3.05, 3.63) is 65.5 Å². The fraction of sp³-hybridized carbons (Fsp3) is 0. The topological polar surface area (TPSA) is 63.0 Å². The summed E-state index contributed by atoms with van der Waals surface area (Å²) in [5.41, 5.74) is 1.16. The third kappa shape index (κ3) is 2.34. The summed E-state index contributed by atoms with van der Waals surface area (Å²) in [6.45, 7) is 0. The Morgan fingerprint density at radius 2 is 2.00 bits per heavy atom. The number of aromatic amines is 1. The van der Waals surface area contributed by atoms with Gasteiger partial charge in [0.15, 0.2) is 5.65 Å². The van der Waals surface area contributed by atoms with Crippen LogP contribution in [0, 0.1) is 0 Å². The van der Waals surface area contributed by atoms with Crippen molar-refractivity contribution in [3.63, 3.8) is 0 Å². The highest BCUT2D eigenvalue weighted by atomic mass is 32.2. The van der Waals surface area contributed by atoms with Gasteiger partial charge in [0.05, 0.1) is 22.3 Å². The second kappa shape index (κ2) is 5.43. The Kier molecular flexibility index (Phi) is 3.28. The Balaban J connectivity index is 1.71. The molecule has 108 valence electrons. The lowest BCUT2D eigenvalue weighted by Gasteiger charge is -1.96. The van der Waals surface area contributed by atoms with E-state index in [1.165, 1.54) is 19.9 Å². The van der Waals surface area contributed by atoms with Gasteiger partial charge >= 0.3 is 5.69 Å². The first-order chi connectivity index (χ1) is 10.8. The minimum absolute atomic E-state index is 0.285.